The summed E-state index contributed by atoms with van der Waals surface area (Å²) in [5.41, 5.74) is 0. The Morgan fingerprint density at radius 1 is 1.47 bits per heavy atom. The van der Waals surface area contributed by atoms with E-state index in [1.165, 1.54) is 0 Å². The van der Waals surface area contributed by atoms with Crippen LogP contribution in [-0.2, 0) is 19.6 Å². The Hall–Kier alpha value is -0.0226. The minimum Gasteiger partial charge on any atom is -0.748 e. The molecule has 0 spiro atoms. The molecule has 7 heteroatoms. The van der Waals surface area contributed by atoms with E-state index in [4.69, 9.17) is 4.74 Å². The van der Waals surface area contributed by atoms with Crippen molar-refractivity contribution in [3.8, 4) is 0 Å². The molecule has 0 aromatic carbocycles. The summed E-state index contributed by atoms with van der Waals surface area (Å²) >= 11 is 0. The zero-order valence-corrected chi connectivity index (χ0v) is 10.2. The molecule has 0 aliphatic carbocycles. The molecular weight excluding hydrogens is 215 g/mol. The number of ether oxygens (including phenoxy) is 1. The number of carbonyl (C=O) groups is 1. The van der Waals surface area contributed by atoms with Crippen LogP contribution in [0.3, 0.4) is 0 Å². The third-order valence-corrected chi connectivity index (χ3v) is 2.59. The minimum atomic E-state index is -4.19. The predicted molar refractivity (Wildman–Crippen MR) is 49.6 cm³/mol. The van der Waals surface area contributed by atoms with Crippen molar-refractivity contribution in [2.45, 2.75) is 26.7 Å². The van der Waals surface area contributed by atoms with Gasteiger partial charge in [-0.05, 0) is 12.8 Å². The molecule has 0 radical (unpaired) electrons. The Balaban J connectivity index is 0. The molecule has 0 aromatic rings. The van der Waals surface area contributed by atoms with Crippen LogP contribution in [0.5, 0.6) is 0 Å². The summed E-state index contributed by atoms with van der Waals surface area (Å²) < 4.78 is 35.3. The average molecular weight is 230 g/mol. The summed E-state index contributed by atoms with van der Waals surface area (Å²) in [7, 11) is -4.19. The van der Waals surface area contributed by atoms with Crippen molar-refractivity contribution in [2.24, 2.45) is 5.92 Å². The molecule has 0 amide bonds. The van der Waals surface area contributed by atoms with Crippen molar-refractivity contribution in [2.75, 3.05) is 12.4 Å². The molecule has 5 nitrogen and oxygen atoms in total. The Kier molecular flexibility index (Phi) is 9.46. The van der Waals surface area contributed by atoms with Gasteiger partial charge < -0.3 is 9.29 Å². The second-order valence-corrected chi connectivity index (χ2v) is 4.62. The molecule has 0 N–H and O–H groups in total. The van der Waals surface area contributed by atoms with Crippen LogP contribution in [0, 0.1) is 5.92 Å². The molecule has 0 saturated carbocycles. The fourth-order valence-corrected chi connectivity index (χ4v) is 1.19. The first-order chi connectivity index (χ1) is 6.37. The first-order valence-corrected chi connectivity index (χ1v) is 6.04. The molecule has 0 aliphatic rings. The van der Waals surface area contributed by atoms with Crippen molar-refractivity contribution in [3.05, 3.63) is 0 Å². The Morgan fingerprint density at radius 3 is 2.40 bits per heavy atom. The topological polar surface area (TPSA) is 83.5 Å². The first-order valence-electron chi connectivity index (χ1n) is 4.47. The zero-order chi connectivity index (χ0) is 11.2. The van der Waals surface area contributed by atoms with Crippen molar-refractivity contribution < 1.29 is 41.4 Å². The van der Waals surface area contributed by atoms with Crippen molar-refractivity contribution in [3.63, 3.8) is 0 Å². The Morgan fingerprint density at radius 2 is 2.00 bits per heavy atom. The maximum absolute atomic E-state index is 11.0. The van der Waals surface area contributed by atoms with Gasteiger partial charge in [-0.25, -0.2) is 8.42 Å². The largest absolute Gasteiger partial charge is 1.00 e. The van der Waals surface area contributed by atoms with Crippen LogP contribution in [0.1, 0.15) is 26.7 Å². The van der Waals surface area contributed by atoms with Gasteiger partial charge in [0.1, 0.15) is 0 Å². The normalized spacial score (nSPS) is 12.7. The van der Waals surface area contributed by atoms with Gasteiger partial charge in [-0.1, -0.05) is 13.8 Å². The quantitative estimate of drug-likeness (QED) is 0.218. The standard InChI is InChI=1S/C8H16O5S.Li/c1-3-7(2)8(9)13-5-4-6-14(10,11)12;/h7H,3-6H2,1-2H3,(H,10,11,12);/q;+1/p-1. The minimum absolute atomic E-state index is 0. The molecule has 0 rings (SSSR count). The van der Waals surface area contributed by atoms with Gasteiger partial charge in [0, 0.05) is 5.75 Å². The van der Waals surface area contributed by atoms with Crippen LogP contribution in [0.4, 0.5) is 0 Å². The van der Waals surface area contributed by atoms with E-state index in [-0.39, 0.29) is 43.8 Å². The molecule has 1 atom stereocenters. The van der Waals surface area contributed by atoms with Crippen molar-refractivity contribution >= 4 is 16.1 Å². The first kappa shape index (κ1) is 17.4. The zero-order valence-electron chi connectivity index (χ0n) is 9.36. The SMILES string of the molecule is CCC(C)C(=O)OCCCS(=O)(=O)[O-].[Li+]. The summed E-state index contributed by atoms with van der Waals surface area (Å²) in [6.45, 7) is 3.57. The van der Waals surface area contributed by atoms with Crippen LogP contribution in [-0.4, -0.2) is 31.3 Å². The van der Waals surface area contributed by atoms with E-state index in [2.05, 4.69) is 0 Å². The summed E-state index contributed by atoms with van der Waals surface area (Å²) in [6.07, 6.45) is 0.743. The molecule has 15 heavy (non-hydrogen) atoms. The van der Waals surface area contributed by atoms with E-state index in [0.717, 1.165) is 0 Å². The van der Waals surface area contributed by atoms with Crippen LogP contribution < -0.4 is 18.9 Å². The monoisotopic (exact) mass is 230 g/mol. The van der Waals surface area contributed by atoms with Gasteiger partial charge in [0.2, 0.25) is 0 Å². The van der Waals surface area contributed by atoms with E-state index in [1.54, 1.807) is 6.92 Å². The Bertz CT molecular complexity index is 275. The van der Waals surface area contributed by atoms with E-state index in [1.807, 2.05) is 6.92 Å². The number of rotatable bonds is 6. The van der Waals surface area contributed by atoms with Crippen LogP contribution in [0.2, 0.25) is 0 Å². The number of esters is 1. The molecule has 84 valence electrons. The molecule has 0 saturated heterocycles. The Labute approximate surface area is 102 Å². The van der Waals surface area contributed by atoms with E-state index in [9.17, 15) is 17.8 Å². The van der Waals surface area contributed by atoms with Gasteiger partial charge in [-0.3, -0.25) is 4.79 Å². The number of carbonyl (C=O) groups excluding carboxylic acids is 1. The van der Waals surface area contributed by atoms with Crippen LogP contribution in [0.15, 0.2) is 0 Å². The number of hydrogen-bond acceptors (Lipinski definition) is 5. The molecule has 0 heterocycles. The average Bonchev–Trinajstić information content (AvgIpc) is 2.09. The summed E-state index contributed by atoms with van der Waals surface area (Å²) in [5.74, 6) is -1.02. The maximum atomic E-state index is 11.0. The van der Waals surface area contributed by atoms with Gasteiger partial charge in [-0.15, -0.1) is 0 Å². The van der Waals surface area contributed by atoms with E-state index < -0.39 is 15.9 Å². The van der Waals surface area contributed by atoms with Gasteiger partial charge in [0.15, 0.2) is 0 Å². The predicted octanol–water partition coefficient (Wildman–Crippen LogP) is -2.48. The van der Waals surface area contributed by atoms with Crippen molar-refractivity contribution in [1.29, 1.82) is 0 Å². The molecule has 0 fully saturated rings. The third-order valence-electron chi connectivity index (χ3n) is 1.80. The van der Waals surface area contributed by atoms with Gasteiger partial charge in [0.25, 0.3) is 0 Å². The smallest absolute Gasteiger partial charge is 0.748 e. The summed E-state index contributed by atoms with van der Waals surface area (Å²) in [4.78, 5) is 11.0. The van der Waals surface area contributed by atoms with Gasteiger partial charge >= 0.3 is 24.8 Å². The summed E-state index contributed by atoms with van der Waals surface area (Å²) in [6, 6.07) is 0. The second kappa shape index (κ2) is 8.17. The number of hydrogen-bond donors (Lipinski definition) is 0. The molecular formula is C8H15LiO5S. The van der Waals surface area contributed by atoms with Gasteiger partial charge in [0.05, 0.1) is 22.6 Å². The molecule has 0 aliphatic heterocycles. The third kappa shape index (κ3) is 10.3. The van der Waals surface area contributed by atoms with Crippen LogP contribution in [0.25, 0.3) is 0 Å². The van der Waals surface area contributed by atoms with Crippen molar-refractivity contribution in [1.82, 2.24) is 0 Å². The fraction of sp³-hybridized carbons (Fsp3) is 0.875. The van der Waals surface area contributed by atoms with Gasteiger partial charge in [-0.2, -0.15) is 0 Å². The van der Waals surface area contributed by atoms with E-state index in [0.29, 0.717) is 6.42 Å². The maximum Gasteiger partial charge on any atom is 1.00 e. The fourth-order valence-electron chi connectivity index (χ4n) is 0.717. The summed E-state index contributed by atoms with van der Waals surface area (Å²) in [5, 5.41) is 0. The second-order valence-electron chi connectivity index (χ2n) is 3.09. The molecule has 0 bridgehead atoms. The van der Waals surface area contributed by atoms with Crippen LogP contribution >= 0.6 is 0 Å². The van der Waals surface area contributed by atoms with E-state index >= 15 is 0 Å². The molecule has 0 aromatic heterocycles. The molecule has 1 unspecified atom stereocenters.